The quantitative estimate of drug-likeness (QED) is 0.803. The van der Waals surface area contributed by atoms with Crippen molar-refractivity contribution in [2.24, 2.45) is 0 Å². The normalized spacial score (nSPS) is 12.5. The largest absolute Gasteiger partial charge is 0.484 e. The number of nitrogens with one attached hydrogen (secondary N) is 1. The van der Waals surface area contributed by atoms with E-state index in [-0.39, 0.29) is 24.2 Å². The molecule has 0 bridgehead atoms. The second-order valence-electron chi connectivity index (χ2n) is 5.63. The zero-order valence-electron chi connectivity index (χ0n) is 13.8. The van der Waals surface area contributed by atoms with Crippen molar-refractivity contribution in [1.29, 1.82) is 0 Å². The molecule has 1 N–H and O–H groups in total. The predicted molar refractivity (Wildman–Crippen MR) is 89.4 cm³/mol. The van der Waals surface area contributed by atoms with Gasteiger partial charge in [0.05, 0.1) is 5.56 Å². The number of ether oxygens (including phenoxy) is 1. The van der Waals surface area contributed by atoms with Crippen LogP contribution in [0.25, 0.3) is 0 Å². The van der Waals surface area contributed by atoms with Crippen molar-refractivity contribution in [3.8, 4) is 5.75 Å². The molecule has 0 saturated heterocycles. The van der Waals surface area contributed by atoms with Gasteiger partial charge in [0.15, 0.2) is 6.61 Å². The summed E-state index contributed by atoms with van der Waals surface area (Å²) in [6.07, 6.45) is -3.58. The highest BCUT2D eigenvalue weighted by atomic mass is 19.4. The number of carbonyl (C=O) groups excluding carboxylic acids is 1. The third kappa shape index (κ3) is 5.81. The van der Waals surface area contributed by atoms with Gasteiger partial charge in [-0.25, -0.2) is 0 Å². The summed E-state index contributed by atoms with van der Waals surface area (Å²) >= 11 is 0. The van der Waals surface area contributed by atoms with Gasteiger partial charge in [0.2, 0.25) is 0 Å². The van der Waals surface area contributed by atoms with E-state index in [1.165, 1.54) is 12.1 Å². The molecule has 0 radical (unpaired) electrons. The molecule has 2 rings (SSSR count). The first kappa shape index (κ1) is 18.8. The number of hydrogen-bond donors (Lipinski definition) is 1. The number of halogens is 3. The van der Waals surface area contributed by atoms with Crippen LogP contribution >= 0.6 is 0 Å². The first-order chi connectivity index (χ1) is 11.9. The highest BCUT2D eigenvalue weighted by Crippen LogP contribution is 2.31. The SMILES string of the molecule is CCC(CNC(=O)COc1cccc(C(F)(F)F)c1)c1ccccc1. The molecule has 0 fully saturated rings. The predicted octanol–water partition coefficient (Wildman–Crippen LogP) is 4.39. The molecule has 6 heteroatoms. The summed E-state index contributed by atoms with van der Waals surface area (Å²) in [6, 6.07) is 14.3. The van der Waals surface area contributed by atoms with Gasteiger partial charge in [0, 0.05) is 12.5 Å². The molecule has 0 saturated carbocycles. The van der Waals surface area contributed by atoms with Crippen LogP contribution in [0.3, 0.4) is 0 Å². The minimum absolute atomic E-state index is 0.0140. The van der Waals surface area contributed by atoms with Crippen LogP contribution in [0.15, 0.2) is 54.6 Å². The number of amides is 1. The topological polar surface area (TPSA) is 38.3 Å². The highest BCUT2D eigenvalue weighted by Gasteiger charge is 2.30. The Kier molecular flexibility index (Phi) is 6.44. The maximum absolute atomic E-state index is 12.6. The van der Waals surface area contributed by atoms with Gasteiger partial charge in [0.1, 0.15) is 5.75 Å². The highest BCUT2D eigenvalue weighted by molar-refractivity contribution is 5.77. The lowest BCUT2D eigenvalue weighted by atomic mass is 9.96. The van der Waals surface area contributed by atoms with E-state index in [1.54, 1.807) is 0 Å². The average Bonchev–Trinajstić information content (AvgIpc) is 2.61. The van der Waals surface area contributed by atoms with E-state index in [0.717, 1.165) is 24.1 Å². The number of rotatable bonds is 7. The maximum atomic E-state index is 12.6. The number of benzene rings is 2. The molecule has 3 nitrogen and oxygen atoms in total. The fraction of sp³-hybridized carbons (Fsp3) is 0.316. The average molecular weight is 351 g/mol. The van der Waals surface area contributed by atoms with Crippen LogP contribution in [0.5, 0.6) is 5.75 Å². The molecule has 0 aromatic heterocycles. The van der Waals surface area contributed by atoms with E-state index >= 15 is 0 Å². The van der Waals surface area contributed by atoms with Crippen molar-refractivity contribution in [3.63, 3.8) is 0 Å². The van der Waals surface area contributed by atoms with Crippen molar-refractivity contribution < 1.29 is 22.7 Å². The molecular formula is C19H20F3NO2. The second-order valence-corrected chi connectivity index (χ2v) is 5.63. The Balaban J connectivity index is 1.85. The molecule has 1 unspecified atom stereocenters. The van der Waals surface area contributed by atoms with Crippen molar-refractivity contribution >= 4 is 5.91 Å². The van der Waals surface area contributed by atoms with Crippen molar-refractivity contribution in [3.05, 3.63) is 65.7 Å². The van der Waals surface area contributed by atoms with E-state index < -0.39 is 11.7 Å². The van der Waals surface area contributed by atoms with Crippen LogP contribution in [0.1, 0.15) is 30.4 Å². The summed E-state index contributed by atoms with van der Waals surface area (Å²) in [6.45, 7) is 2.15. The van der Waals surface area contributed by atoms with Gasteiger partial charge in [-0.15, -0.1) is 0 Å². The van der Waals surface area contributed by atoms with Crippen molar-refractivity contribution in [2.75, 3.05) is 13.2 Å². The van der Waals surface area contributed by atoms with E-state index in [1.807, 2.05) is 37.3 Å². The Labute approximate surface area is 144 Å². The molecule has 134 valence electrons. The first-order valence-corrected chi connectivity index (χ1v) is 8.02. The zero-order chi connectivity index (χ0) is 18.3. The van der Waals surface area contributed by atoms with Crippen LogP contribution in [0.2, 0.25) is 0 Å². The Morgan fingerprint density at radius 1 is 1.12 bits per heavy atom. The molecule has 25 heavy (non-hydrogen) atoms. The zero-order valence-corrected chi connectivity index (χ0v) is 13.8. The fourth-order valence-corrected chi connectivity index (χ4v) is 2.42. The third-order valence-electron chi connectivity index (χ3n) is 3.84. The van der Waals surface area contributed by atoms with Crippen molar-refractivity contribution in [2.45, 2.75) is 25.4 Å². The van der Waals surface area contributed by atoms with Crippen LogP contribution in [0, 0.1) is 0 Å². The summed E-state index contributed by atoms with van der Waals surface area (Å²) in [4.78, 5) is 11.9. The molecule has 0 aliphatic carbocycles. The molecule has 0 spiro atoms. The molecule has 1 amide bonds. The summed E-state index contributed by atoms with van der Waals surface area (Å²) in [5.41, 5.74) is 0.324. The summed E-state index contributed by atoms with van der Waals surface area (Å²) < 4.78 is 43.1. The monoisotopic (exact) mass is 351 g/mol. The number of hydrogen-bond acceptors (Lipinski definition) is 2. The molecule has 0 aliphatic heterocycles. The number of alkyl halides is 3. The Morgan fingerprint density at radius 3 is 2.48 bits per heavy atom. The van der Waals surface area contributed by atoms with Crippen LogP contribution in [-0.2, 0) is 11.0 Å². The van der Waals surface area contributed by atoms with Gasteiger partial charge in [0.25, 0.3) is 5.91 Å². The van der Waals surface area contributed by atoms with Gasteiger partial charge in [-0.1, -0.05) is 43.3 Å². The van der Waals surface area contributed by atoms with E-state index in [4.69, 9.17) is 4.74 Å². The molecule has 1 atom stereocenters. The summed E-state index contributed by atoms with van der Waals surface area (Å²) in [7, 11) is 0. The summed E-state index contributed by atoms with van der Waals surface area (Å²) in [5, 5.41) is 2.76. The van der Waals surface area contributed by atoms with Crippen LogP contribution in [-0.4, -0.2) is 19.1 Å². The first-order valence-electron chi connectivity index (χ1n) is 8.02. The van der Waals surface area contributed by atoms with Gasteiger partial charge < -0.3 is 10.1 Å². The fourth-order valence-electron chi connectivity index (χ4n) is 2.42. The lowest BCUT2D eigenvalue weighted by Gasteiger charge is -2.16. The van der Waals surface area contributed by atoms with E-state index in [2.05, 4.69) is 5.32 Å². The Morgan fingerprint density at radius 2 is 1.84 bits per heavy atom. The van der Waals surface area contributed by atoms with Gasteiger partial charge in [-0.2, -0.15) is 13.2 Å². The minimum atomic E-state index is -4.44. The van der Waals surface area contributed by atoms with Crippen LogP contribution < -0.4 is 10.1 Å². The van der Waals surface area contributed by atoms with Gasteiger partial charge >= 0.3 is 6.18 Å². The van der Waals surface area contributed by atoms with E-state index in [9.17, 15) is 18.0 Å². The smallest absolute Gasteiger partial charge is 0.416 e. The standard InChI is InChI=1S/C19H20F3NO2/c1-2-14(15-7-4-3-5-8-15)12-23-18(24)13-25-17-10-6-9-16(11-17)19(20,21)22/h3-11,14H,2,12-13H2,1H3,(H,23,24). The minimum Gasteiger partial charge on any atom is -0.484 e. The van der Waals surface area contributed by atoms with E-state index in [0.29, 0.717) is 6.54 Å². The molecular weight excluding hydrogens is 331 g/mol. The maximum Gasteiger partial charge on any atom is 0.416 e. The third-order valence-corrected chi connectivity index (χ3v) is 3.84. The van der Waals surface area contributed by atoms with Crippen LogP contribution in [0.4, 0.5) is 13.2 Å². The molecule has 2 aromatic rings. The summed E-state index contributed by atoms with van der Waals surface area (Å²) in [5.74, 6) is -0.175. The number of carbonyl (C=O) groups is 1. The second kappa shape index (κ2) is 8.55. The van der Waals surface area contributed by atoms with Gasteiger partial charge in [-0.05, 0) is 30.2 Å². The molecule has 0 heterocycles. The molecule has 2 aromatic carbocycles. The van der Waals surface area contributed by atoms with Gasteiger partial charge in [-0.3, -0.25) is 4.79 Å². The van der Waals surface area contributed by atoms with Crippen molar-refractivity contribution in [1.82, 2.24) is 5.32 Å². The Hall–Kier alpha value is -2.50. The Bertz CT molecular complexity index is 687. The lowest BCUT2D eigenvalue weighted by Crippen LogP contribution is -2.32. The lowest BCUT2D eigenvalue weighted by molar-refractivity contribution is -0.137. The molecule has 0 aliphatic rings.